The number of benzene rings is 12. The standard InChI is InChI=1S/C74H64N2/c1-45-29-46(2)34-59(33-45)75(60-35-47(3)30-48(4)36-60)57-21-23-63(53(9)41-57)71-43-69(55-17-13-11-14-18-55)65-26-28-68-72(44-70(56-19-15-12-16-20-56)66-25-27-67(71)73(65)74(66)68)64-24-22-58(42-54(64)10)76(61-37-49(5)31-50(6)38-61)62-39-51(7)32-52(8)40-62/h11-44H,1-10H3. The van der Waals surface area contributed by atoms with Crippen molar-refractivity contribution in [2.45, 2.75) is 69.2 Å². The summed E-state index contributed by atoms with van der Waals surface area (Å²) in [5.41, 5.74) is 29.2. The Morgan fingerprint density at radius 2 is 0.487 bits per heavy atom. The molecule has 0 saturated carbocycles. The van der Waals surface area contributed by atoms with E-state index in [4.69, 9.17) is 0 Å². The second kappa shape index (κ2) is 19.2. The van der Waals surface area contributed by atoms with Crippen molar-refractivity contribution < 1.29 is 0 Å². The third kappa shape index (κ3) is 8.78. The van der Waals surface area contributed by atoms with Crippen molar-refractivity contribution in [3.05, 3.63) is 262 Å². The van der Waals surface area contributed by atoms with Gasteiger partial charge >= 0.3 is 0 Å². The molecule has 0 heterocycles. The summed E-state index contributed by atoms with van der Waals surface area (Å²) in [6.07, 6.45) is 0. The van der Waals surface area contributed by atoms with Gasteiger partial charge in [-0.15, -0.1) is 0 Å². The van der Waals surface area contributed by atoms with Gasteiger partial charge in [-0.3, -0.25) is 0 Å². The smallest absolute Gasteiger partial charge is 0.0466 e. The minimum Gasteiger partial charge on any atom is -0.310 e. The lowest BCUT2D eigenvalue weighted by Crippen LogP contribution is -2.11. The van der Waals surface area contributed by atoms with Crippen LogP contribution in [-0.2, 0) is 0 Å². The van der Waals surface area contributed by atoms with Crippen LogP contribution in [0.25, 0.3) is 76.8 Å². The molecule has 0 atom stereocenters. The second-order valence-electron chi connectivity index (χ2n) is 21.8. The SMILES string of the molecule is Cc1cc(C)cc(N(c2cc(C)cc(C)c2)c2ccc(-c3cc(-c4ccccc4)c4ccc5c(-c6ccc(N(c7cc(C)cc(C)c7)c7cc(C)cc(C)c7)cc6C)cc(-c6ccccc6)c6ccc3c4c65)c(C)c2)c1. The van der Waals surface area contributed by atoms with E-state index < -0.39 is 0 Å². The number of hydrogen-bond acceptors (Lipinski definition) is 2. The van der Waals surface area contributed by atoms with Crippen molar-refractivity contribution in [1.29, 1.82) is 0 Å². The first kappa shape index (κ1) is 48.2. The Kier molecular flexibility index (Phi) is 12.2. The minimum atomic E-state index is 1.14. The van der Waals surface area contributed by atoms with E-state index in [1.165, 1.54) is 155 Å². The molecule has 0 aliphatic heterocycles. The summed E-state index contributed by atoms with van der Waals surface area (Å²) in [7, 11) is 0. The molecule has 0 fully saturated rings. The Morgan fingerprint density at radius 3 is 0.763 bits per heavy atom. The number of hydrogen-bond donors (Lipinski definition) is 0. The molecule has 0 radical (unpaired) electrons. The van der Waals surface area contributed by atoms with Crippen LogP contribution in [-0.4, -0.2) is 0 Å². The average Bonchev–Trinajstić information content (AvgIpc) is 3.58. The van der Waals surface area contributed by atoms with Crippen molar-refractivity contribution in [2.75, 3.05) is 9.80 Å². The number of nitrogens with zero attached hydrogens (tertiary/aromatic N) is 2. The van der Waals surface area contributed by atoms with E-state index in [9.17, 15) is 0 Å². The zero-order valence-corrected chi connectivity index (χ0v) is 45.5. The Hall–Kier alpha value is -8.72. The number of anilines is 6. The Balaban J connectivity index is 1.09. The fourth-order valence-electron chi connectivity index (χ4n) is 12.5. The lowest BCUT2D eigenvalue weighted by molar-refractivity contribution is 1.23. The van der Waals surface area contributed by atoms with E-state index in [0.717, 1.165) is 11.4 Å². The molecule has 12 aromatic rings. The van der Waals surface area contributed by atoms with Gasteiger partial charge in [-0.25, -0.2) is 0 Å². The first-order valence-electron chi connectivity index (χ1n) is 26.8. The third-order valence-electron chi connectivity index (χ3n) is 15.4. The summed E-state index contributed by atoms with van der Waals surface area (Å²) in [5.74, 6) is 0. The molecule has 0 saturated heterocycles. The fourth-order valence-corrected chi connectivity index (χ4v) is 12.5. The van der Waals surface area contributed by atoms with E-state index in [1.807, 2.05) is 0 Å². The van der Waals surface area contributed by atoms with Crippen LogP contribution in [0.1, 0.15) is 55.6 Å². The largest absolute Gasteiger partial charge is 0.310 e. The van der Waals surface area contributed by atoms with Gasteiger partial charge in [0.05, 0.1) is 0 Å². The lowest BCUT2D eigenvalue weighted by Gasteiger charge is -2.28. The van der Waals surface area contributed by atoms with E-state index in [0.29, 0.717) is 0 Å². The molecule has 0 N–H and O–H groups in total. The second-order valence-corrected chi connectivity index (χ2v) is 21.8. The zero-order valence-electron chi connectivity index (χ0n) is 45.5. The van der Waals surface area contributed by atoms with Gasteiger partial charge in [0.1, 0.15) is 0 Å². The first-order valence-corrected chi connectivity index (χ1v) is 26.8. The minimum absolute atomic E-state index is 1.14. The molecule has 12 rings (SSSR count). The summed E-state index contributed by atoms with van der Waals surface area (Å²) >= 11 is 0. The van der Waals surface area contributed by atoms with Gasteiger partial charge in [-0.1, -0.05) is 121 Å². The summed E-state index contributed by atoms with van der Waals surface area (Å²) in [4.78, 5) is 4.87. The molecule has 2 nitrogen and oxygen atoms in total. The van der Waals surface area contributed by atoms with Crippen molar-refractivity contribution in [3.8, 4) is 44.5 Å². The maximum absolute atomic E-state index is 2.46. The lowest BCUT2D eigenvalue weighted by atomic mass is 9.81. The highest BCUT2D eigenvalue weighted by Crippen LogP contribution is 2.50. The Bertz CT molecular complexity index is 3760. The van der Waals surface area contributed by atoms with Gasteiger partial charge in [0.2, 0.25) is 0 Å². The summed E-state index contributed by atoms with van der Waals surface area (Å²) in [6.45, 7) is 22.1. The van der Waals surface area contributed by atoms with Gasteiger partial charge in [-0.2, -0.15) is 0 Å². The molecule has 0 amide bonds. The Labute approximate surface area is 449 Å². The summed E-state index contributed by atoms with van der Waals surface area (Å²) in [6, 6.07) is 78.2. The molecule has 0 spiro atoms. The van der Waals surface area contributed by atoms with Crippen LogP contribution in [0.5, 0.6) is 0 Å². The van der Waals surface area contributed by atoms with Crippen LogP contribution < -0.4 is 9.80 Å². The first-order chi connectivity index (χ1) is 36.7. The van der Waals surface area contributed by atoms with E-state index in [1.54, 1.807) is 0 Å². The predicted molar refractivity (Wildman–Crippen MR) is 329 cm³/mol. The van der Waals surface area contributed by atoms with Gasteiger partial charge in [-0.05, 0) is 287 Å². The summed E-state index contributed by atoms with van der Waals surface area (Å²) in [5, 5.41) is 7.62. The van der Waals surface area contributed by atoms with Crippen LogP contribution in [0.15, 0.2) is 206 Å². The zero-order chi connectivity index (χ0) is 52.5. The molecule has 12 aromatic carbocycles. The molecule has 0 unspecified atom stereocenters. The predicted octanol–water partition coefficient (Wildman–Crippen LogP) is 21.3. The van der Waals surface area contributed by atoms with Crippen LogP contribution in [0.3, 0.4) is 0 Å². The Morgan fingerprint density at radius 1 is 0.211 bits per heavy atom. The quantitative estimate of drug-likeness (QED) is 0.126. The number of aryl methyl sites for hydroxylation is 10. The van der Waals surface area contributed by atoms with Gasteiger partial charge in [0.15, 0.2) is 0 Å². The highest BCUT2D eigenvalue weighted by atomic mass is 15.1. The van der Waals surface area contributed by atoms with Crippen LogP contribution in [0.2, 0.25) is 0 Å². The fraction of sp³-hybridized carbons (Fsp3) is 0.135. The molecule has 0 aromatic heterocycles. The molecule has 76 heavy (non-hydrogen) atoms. The molecule has 0 aliphatic rings. The molecule has 2 heteroatoms. The monoisotopic (exact) mass is 981 g/mol. The highest BCUT2D eigenvalue weighted by Gasteiger charge is 2.24. The van der Waals surface area contributed by atoms with Gasteiger partial charge < -0.3 is 9.80 Å². The van der Waals surface area contributed by atoms with E-state index in [2.05, 4.69) is 285 Å². The molecule has 370 valence electrons. The summed E-state index contributed by atoms with van der Waals surface area (Å²) < 4.78 is 0. The van der Waals surface area contributed by atoms with Crippen LogP contribution in [0.4, 0.5) is 34.1 Å². The number of rotatable bonds is 10. The topological polar surface area (TPSA) is 6.48 Å². The van der Waals surface area contributed by atoms with Crippen molar-refractivity contribution in [2.24, 2.45) is 0 Å². The van der Waals surface area contributed by atoms with Gasteiger partial charge in [0.25, 0.3) is 0 Å². The van der Waals surface area contributed by atoms with E-state index >= 15 is 0 Å². The van der Waals surface area contributed by atoms with Crippen LogP contribution >= 0.6 is 0 Å². The van der Waals surface area contributed by atoms with Crippen LogP contribution in [0, 0.1) is 69.2 Å². The van der Waals surface area contributed by atoms with Crippen molar-refractivity contribution in [3.63, 3.8) is 0 Å². The van der Waals surface area contributed by atoms with Gasteiger partial charge in [0, 0.05) is 34.1 Å². The van der Waals surface area contributed by atoms with Crippen molar-refractivity contribution >= 4 is 66.4 Å². The molecular formula is C74H64N2. The maximum Gasteiger partial charge on any atom is 0.0466 e. The molecular weight excluding hydrogens is 917 g/mol. The normalized spacial score (nSPS) is 11.6. The highest BCUT2D eigenvalue weighted by molar-refractivity contribution is 6.32. The molecule has 0 bridgehead atoms. The van der Waals surface area contributed by atoms with Crippen molar-refractivity contribution in [1.82, 2.24) is 0 Å². The molecule has 0 aliphatic carbocycles. The maximum atomic E-state index is 2.46. The average molecular weight is 981 g/mol. The third-order valence-corrected chi connectivity index (χ3v) is 15.4. The van der Waals surface area contributed by atoms with E-state index in [-0.39, 0.29) is 0 Å².